The molecule has 0 saturated carbocycles. The summed E-state index contributed by atoms with van der Waals surface area (Å²) in [6.45, 7) is 4.81. The van der Waals surface area contributed by atoms with Gasteiger partial charge in [0, 0.05) is 18.2 Å². The zero-order chi connectivity index (χ0) is 19.8. The number of aliphatic hydroxyl groups is 1. The van der Waals surface area contributed by atoms with Gasteiger partial charge in [-0.3, -0.25) is 0 Å². The number of benzene rings is 2. The second kappa shape index (κ2) is 10.7. The van der Waals surface area contributed by atoms with Crippen LogP contribution in [0.1, 0.15) is 31.4 Å². The molecule has 0 radical (unpaired) electrons. The molecule has 1 atom stereocenters. The van der Waals surface area contributed by atoms with Gasteiger partial charge in [0.05, 0.1) is 23.3 Å². The maximum atomic E-state index is 14.0. The SMILES string of the molecule is CCOc1cc(CN[C@H](CC)CO)cc(Cl)c1OCc1c(F)cccc1Cl. The first-order valence-corrected chi connectivity index (χ1v) is 9.60. The Morgan fingerprint density at radius 1 is 1.15 bits per heavy atom. The highest BCUT2D eigenvalue weighted by molar-refractivity contribution is 6.32. The molecule has 0 heterocycles. The van der Waals surface area contributed by atoms with Gasteiger partial charge in [-0.15, -0.1) is 0 Å². The lowest BCUT2D eigenvalue weighted by molar-refractivity contribution is 0.238. The Hall–Kier alpha value is -1.53. The largest absolute Gasteiger partial charge is 0.490 e. The lowest BCUT2D eigenvalue weighted by Gasteiger charge is -2.18. The van der Waals surface area contributed by atoms with Gasteiger partial charge in [0.1, 0.15) is 12.4 Å². The summed E-state index contributed by atoms with van der Waals surface area (Å²) in [5, 5.41) is 13.2. The molecule has 2 aromatic carbocycles. The van der Waals surface area contributed by atoms with Crippen molar-refractivity contribution < 1.29 is 19.0 Å². The zero-order valence-electron chi connectivity index (χ0n) is 15.4. The van der Waals surface area contributed by atoms with Gasteiger partial charge in [-0.05, 0) is 43.2 Å². The minimum atomic E-state index is -0.438. The molecule has 0 unspecified atom stereocenters. The molecule has 2 aromatic rings. The van der Waals surface area contributed by atoms with E-state index in [0.29, 0.717) is 34.7 Å². The Labute approximate surface area is 169 Å². The molecule has 0 aliphatic heterocycles. The topological polar surface area (TPSA) is 50.7 Å². The average molecular weight is 416 g/mol. The van der Waals surface area contributed by atoms with E-state index in [1.165, 1.54) is 12.1 Å². The van der Waals surface area contributed by atoms with E-state index in [-0.39, 0.29) is 24.8 Å². The third-order valence-corrected chi connectivity index (χ3v) is 4.73. The highest BCUT2D eigenvalue weighted by atomic mass is 35.5. The number of ether oxygens (including phenoxy) is 2. The summed E-state index contributed by atoms with van der Waals surface area (Å²) in [5.41, 5.74) is 1.16. The first-order chi connectivity index (χ1) is 13.0. The van der Waals surface area contributed by atoms with Crippen LogP contribution in [0.5, 0.6) is 11.5 Å². The maximum absolute atomic E-state index is 14.0. The quantitative estimate of drug-likeness (QED) is 0.574. The molecule has 0 aliphatic carbocycles. The van der Waals surface area contributed by atoms with Crippen LogP contribution < -0.4 is 14.8 Å². The Morgan fingerprint density at radius 3 is 2.56 bits per heavy atom. The Morgan fingerprint density at radius 2 is 1.93 bits per heavy atom. The fourth-order valence-electron chi connectivity index (χ4n) is 2.54. The number of halogens is 3. The Bertz CT molecular complexity index is 734. The van der Waals surface area contributed by atoms with E-state index in [1.807, 2.05) is 19.9 Å². The Kier molecular flexibility index (Phi) is 8.64. The molecule has 2 N–H and O–H groups in total. The van der Waals surface area contributed by atoms with Crippen molar-refractivity contribution in [1.29, 1.82) is 0 Å². The Balaban J connectivity index is 2.20. The molecule has 0 fully saturated rings. The molecule has 27 heavy (non-hydrogen) atoms. The van der Waals surface area contributed by atoms with Gasteiger partial charge in [0.25, 0.3) is 0 Å². The first-order valence-electron chi connectivity index (χ1n) is 8.85. The second-order valence-electron chi connectivity index (χ2n) is 6.00. The summed E-state index contributed by atoms with van der Waals surface area (Å²) in [5.74, 6) is 0.383. The predicted molar refractivity (Wildman–Crippen MR) is 106 cm³/mol. The van der Waals surface area contributed by atoms with Gasteiger partial charge >= 0.3 is 0 Å². The molecule has 0 saturated heterocycles. The summed E-state index contributed by atoms with van der Waals surface area (Å²) in [6, 6.07) is 8.07. The number of nitrogens with one attached hydrogen (secondary N) is 1. The van der Waals surface area contributed by atoms with Gasteiger partial charge in [-0.25, -0.2) is 4.39 Å². The summed E-state index contributed by atoms with van der Waals surface area (Å²) in [7, 11) is 0. The van der Waals surface area contributed by atoms with Crippen molar-refractivity contribution in [2.75, 3.05) is 13.2 Å². The van der Waals surface area contributed by atoms with Crippen LogP contribution in [0.2, 0.25) is 10.0 Å². The lowest BCUT2D eigenvalue weighted by atomic mass is 10.1. The summed E-state index contributed by atoms with van der Waals surface area (Å²) in [4.78, 5) is 0. The fourth-order valence-corrected chi connectivity index (χ4v) is 3.05. The van der Waals surface area contributed by atoms with Crippen molar-refractivity contribution in [3.05, 3.63) is 57.3 Å². The van der Waals surface area contributed by atoms with Gasteiger partial charge in [0.2, 0.25) is 0 Å². The van der Waals surface area contributed by atoms with E-state index in [4.69, 9.17) is 32.7 Å². The van der Waals surface area contributed by atoms with E-state index < -0.39 is 5.82 Å². The molecule has 2 rings (SSSR count). The van der Waals surface area contributed by atoms with Crippen LogP contribution in [0.3, 0.4) is 0 Å². The monoisotopic (exact) mass is 415 g/mol. The van der Waals surface area contributed by atoms with Crippen LogP contribution in [0.4, 0.5) is 4.39 Å². The molecule has 7 heteroatoms. The van der Waals surface area contributed by atoms with Crippen molar-refractivity contribution in [3.63, 3.8) is 0 Å². The number of aliphatic hydroxyl groups excluding tert-OH is 1. The molecule has 0 bridgehead atoms. The summed E-state index contributed by atoms with van der Waals surface area (Å²) >= 11 is 12.4. The van der Waals surface area contributed by atoms with Gasteiger partial charge in [-0.2, -0.15) is 0 Å². The van der Waals surface area contributed by atoms with E-state index >= 15 is 0 Å². The van der Waals surface area contributed by atoms with Crippen molar-refractivity contribution in [1.82, 2.24) is 5.32 Å². The minimum absolute atomic E-state index is 0.0124. The van der Waals surface area contributed by atoms with Crippen LogP contribution in [0, 0.1) is 5.82 Å². The summed E-state index contributed by atoms with van der Waals surface area (Å²) in [6.07, 6.45) is 0.813. The van der Waals surface area contributed by atoms with Crippen LogP contribution in [-0.4, -0.2) is 24.4 Å². The van der Waals surface area contributed by atoms with Gasteiger partial charge < -0.3 is 19.9 Å². The van der Waals surface area contributed by atoms with Crippen LogP contribution >= 0.6 is 23.2 Å². The minimum Gasteiger partial charge on any atom is -0.490 e. The molecule has 0 amide bonds. The third kappa shape index (κ3) is 5.98. The highest BCUT2D eigenvalue weighted by Crippen LogP contribution is 2.37. The number of hydrogen-bond acceptors (Lipinski definition) is 4. The van der Waals surface area contributed by atoms with E-state index in [0.717, 1.165) is 12.0 Å². The van der Waals surface area contributed by atoms with Gasteiger partial charge in [-0.1, -0.05) is 36.2 Å². The van der Waals surface area contributed by atoms with Crippen molar-refractivity contribution >= 4 is 23.2 Å². The average Bonchev–Trinajstić information content (AvgIpc) is 2.64. The van der Waals surface area contributed by atoms with Crippen molar-refractivity contribution in [2.24, 2.45) is 0 Å². The van der Waals surface area contributed by atoms with Gasteiger partial charge in [0.15, 0.2) is 11.5 Å². The molecule has 148 valence electrons. The maximum Gasteiger partial charge on any atom is 0.180 e. The second-order valence-corrected chi connectivity index (χ2v) is 6.81. The molecule has 4 nitrogen and oxygen atoms in total. The first kappa shape index (κ1) is 21.8. The van der Waals surface area contributed by atoms with Crippen LogP contribution in [-0.2, 0) is 13.2 Å². The fraction of sp³-hybridized carbons (Fsp3) is 0.400. The van der Waals surface area contributed by atoms with Crippen LogP contribution in [0.15, 0.2) is 30.3 Å². The van der Waals surface area contributed by atoms with Crippen molar-refractivity contribution in [2.45, 2.75) is 39.5 Å². The highest BCUT2D eigenvalue weighted by Gasteiger charge is 2.16. The predicted octanol–water partition coefficient (Wildman–Crippen LogP) is 4.97. The standard InChI is InChI=1S/C20H24Cl2FNO3/c1-3-14(11-25)24-10-13-8-17(22)20(19(9-13)26-4-2)27-12-15-16(21)6-5-7-18(15)23/h5-9,14,24-25H,3-4,10-12H2,1-2H3/t14-/m1/s1. The molecule has 0 spiro atoms. The summed E-state index contributed by atoms with van der Waals surface area (Å²) < 4.78 is 25.4. The number of hydrogen-bond donors (Lipinski definition) is 2. The van der Waals surface area contributed by atoms with E-state index in [1.54, 1.807) is 12.1 Å². The van der Waals surface area contributed by atoms with E-state index in [2.05, 4.69) is 5.32 Å². The number of rotatable bonds is 10. The zero-order valence-corrected chi connectivity index (χ0v) is 16.9. The lowest BCUT2D eigenvalue weighted by Crippen LogP contribution is -2.31. The smallest absolute Gasteiger partial charge is 0.180 e. The van der Waals surface area contributed by atoms with E-state index in [9.17, 15) is 9.50 Å². The molecular weight excluding hydrogens is 392 g/mol. The normalized spacial score (nSPS) is 12.1. The molecule has 0 aliphatic rings. The van der Waals surface area contributed by atoms with Crippen molar-refractivity contribution in [3.8, 4) is 11.5 Å². The van der Waals surface area contributed by atoms with Crippen LogP contribution in [0.25, 0.3) is 0 Å². The molecular formula is C20H24Cl2FNO3. The third-order valence-electron chi connectivity index (χ3n) is 4.10. The molecule has 0 aromatic heterocycles.